The highest BCUT2D eigenvalue weighted by Crippen LogP contribution is 2.64. The molecule has 1 aromatic rings. The Morgan fingerprint density at radius 3 is 2.75 bits per heavy atom. The van der Waals surface area contributed by atoms with Gasteiger partial charge in [-0.3, -0.25) is 9.78 Å². The zero-order valence-corrected chi connectivity index (χ0v) is 19.5. The summed E-state index contributed by atoms with van der Waals surface area (Å²) in [4.78, 5) is 17.2. The number of azo groups is 1. The van der Waals surface area contributed by atoms with Gasteiger partial charge in [0.05, 0.1) is 17.5 Å². The Morgan fingerprint density at radius 1 is 1.12 bits per heavy atom. The molecule has 4 saturated carbocycles. The van der Waals surface area contributed by atoms with Crippen LogP contribution in [0.2, 0.25) is 0 Å². The first kappa shape index (κ1) is 22.0. The molecule has 0 bridgehead atoms. The summed E-state index contributed by atoms with van der Waals surface area (Å²) in [5, 5.41) is 18.9. The zero-order valence-electron chi connectivity index (χ0n) is 19.5. The second-order valence-corrected chi connectivity index (χ2v) is 11.6. The Kier molecular flexibility index (Phi) is 5.63. The van der Waals surface area contributed by atoms with E-state index in [2.05, 4.69) is 22.1 Å². The summed E-state index contributed by atoms with van der Waals surface area (Å²) in [6.07, 6.45) is 13.4. The van der Waals surface area contributed by atoms with Crippen LogP contribution in [0.1, 0.15) is 71.6 Å². The molecule has 1 heterocycles. The number of carbonyl (C=O) groups is 1. The lowest BCUT2D eigenvalue weighted by molar-refractivity contribution is -0.131. The molecule has 0 spiro atoms. The van der Waals surface area contributed by atoms with Crippen molar-refractivity contribution in [3.8, 4) is 0 Å². The zero-order chi connectivity index (χ0) is 22.5. The number of carbonyl (C=O) groups excluding carboxylic acids is 1. The summed E-state index contributed by atoms with van der Waals surface area (Å²) in [6.45, 7) is 4.55. The van der Waals surface area contributed by atoms with Crippen LogP contribution in [0.5, 0.6) is 0 Å². The Balaban J connectivity index is 1.26. The van der Waals surface area contributed by atoms with Crippen LogP contribution in [0.4, 0.5) is 11.4 Å². The largest absolute Gasteiger partial charge is 0.397 e. The Hall–Kier alpha value is -1.82. The number of hydrogen-bond donors (Lipinski definition) is 2. The van der Waals surface area contributed by atoms with Crippen LogP contribution in [0.3, 0.4) is 0 Å². The van der Waals surface area contributed by atoms with E-state index in [4.69, 9.17) is 5.73 Å². The van der Waals surface area contributed by atoms with Crippen molar-refractivity contribution in [1.82, 2.24) is 4.98 Å². The van der Waals surface area contributed by atoms with Gasteiger partial charge in [-0.15, -0.1) is 0 Å². The molecule has 0 unspecified atom stereocenters. The lowest BCUT2D eigenvalue weighted by atomic mass is 9.49. The van der Waals surface area contributed by atoms with Crippen LogP contribution in [-0.2, 0) is 4.79 Å². The highest BCUT2D eigenvalue weighted by atomic mass is 16.3. The van der Waals surface area contributed by atoms with Gasteiger partial charge in [-0.1, -0.05) is 6.92 Å². The van der Waals surface area contributed by atoms with Crippen molar-refractivity contribution < 1.29 is 9.90 Å². The highest BCUT2D eigenvalue weighted by molar-refractivity contribution is 5.84. The second kappa shape index (κ2) is 8.19. The van der Waals surface area contributed by atoms with Crippen molar-refractivity contribution >= 4 is 17.2 Å². The molecule has 4 aliphatic rings. The fourth-order valence-corrected chi connectivity index (χ4v) is 8.38. The molecule has 8 atom stereocenters. The monoisotopic (exact) mass is 438 g/mol. The molecule has 0 radical (unpaired) electrons. The molecule has 0 amide bonds. The third-order valence-electron chi connectivity index (χ3n) is 9.86. The summed E-state index contributed by atoms with van der Waals surface area (Å²) in [5.41, 5.74) is 6.60. The number of aromatic nitrogens is 1. The molecular weight excluding hydrogens is 400 g/mol. The fraction of sp³-hybridized carbons (Fsp3) is 0.769. The summed E-state index contributed by atoms with van der Waals surface area (Å²) < 4.78 is 0. The van der Waals surface area contributed by atoms with Crippen LogP contribution >= 0.6 is 0 Å². The number of anilines is 1. The van der Waals surface area contributed by atoms with Gasteiger partial charge >= 0.3 is 0 Å². The van der Waals surface area contributed by atoms with E-state index in [1.54, 1.807) is 18.5 Å². The third kappa shape index (κ3) is 3.78. The number of fused-ring (bicyclic) bond motifs is 5. The molecule has 0 saturated heterocycles. The second-order valence-electron chi connectivity index (χ2n) is 11.6. The number of hydrogen-bond acceptors (Lipinski definition) is 6. The van der Waals surface area contributed by atoms with Crippen LogP contribution in [0, 0.1) is 40.9 Å². The summed E-state index contributed by atoms with van der Waals surface area (Å²) in [6, 6.07) is 1.69. The maximum atomic E-state index is 13.2. The smallest absolute Gasteiger partial charge is 0.159 e. The number of pyridine rings is 1. The summed E-state index contributed by atoms with van der Waals surface area (Å²) in [7, 11) is 0. The van der Waals surface area contributed by atoms with E-state index in [0.717, 1.165) is 43.4 Å². The van der Waals surface area contributed by atoms with E-state index in [0.29, 0.717) is 23.2 Å². The van der Waals surface area contributed by atoms with Crippen LogP contribution < -0.4 is 5.73 Å². The van der Waals surface area contributed by atoms with Crippen molar-refractivity contribution in [2.24, 2.45) is 51.2 Å². The number of aliphatic hydroxyl groups is 1. The van der Waals surface area contributed by atoms with E-state index in [1.807, 2.05) is 6.92 Å². The topological polar surface area (TPSA) is 101 Å². The van der Waals surface area contributed by atoms with E-state index < -0.39 is 5.60 Å². The minimum absolute atomic E-state index is 0.100. The van der Waals surface area contributed by atoms with Gasteiger partial charge in [0.1, 0.15) is 12.2 Å². The van der Waals surface area contributed by atoms with Crippen LogP contribution in [-0.4, -0.2) is 28.0 Å². The van der Waals surface area contributed by atoms with Gasteiger partial charge < -0.3 is 10.8 Å². The standard InChI is InChI=1S/C26H38N4O2/c1-25(32)10-7-17-16(13-25)3-4-19-18(17)8-11-26(2)20(19)5-6-21(26)24(31)15-29-30-23-14-28-12-9-22(23)27/h9,12,14,16-21,32H,3-8,10-11,13,15H2,1-2H3,(H2,27,28)/t16-,17+,18-,19-,20+,21-,25-,26+/m1/s1. The minimum Gasteiger partial charge on any atom is -0.397 e. The Labute approximate surface area is 191 Å². The predicted octanol–water partition coefficient (Wildman–Crippen LogP) is 5.34. The average Bonchev–Trinajstić information content (AvgIpc) is 3.11. The van der Waals surface area contributed by atoms with Crippen LogP contribution in [0.15, 0.2) is 28.7 Å². The van der Waals surface area contributed by atoms with Crippen LogP contribution in [0.25, 0.3) is 0 Å². The quantitative estimate of drug-likeness (QED) is 0.620. The lowest BCUT2D eigenvalue weighted by Gasteiger charge is -2.56. The number of nitrogen functional groups attached to an aromatic ring is 1. The number of Topliss-reactive ketones (excluding diaryl/α,β-unsaturated/α-hetero) is 1. The van der Waals surface area contributed by atoms with Gasteiger partial charge in [-0.2, -0.15) is 10.2 Å². The maximum Gasteiger partial charge on any atom is 0.159 e. The Morgan fingerprint density at radius 2 is 1.94 bits per heavy atom. The van der Waals surface area contributed by atoms with Gasteiger partial charge in [0.2, 0.25) is 0 Å². The highest BCUT2D eigenvalue weighted by Gasteiger charge is 2.58. The molecule has 6 nitrogen and oxygen atoms in total. The van der Waals surface area contributed by atoms with E-state index >= 15 is 0 Å². The number of nitrogens with two attached hydrogens (primary N) is 1. The van der Waals surface area contributed by atoms with Crippen molar-refractivity contribution in [1.29, 1.82) is 0 Å². The molecule has 4 fully saturated rings. The predicted molar refractivity (Wildman–Crippen MR) is 124 cm³/mol. The van der Waals surface area contributed by atoms with Gasteiger partial charge in [0.25, 0.3) is 0 Å². The van der Waals surface area contributed by atoms with E-state index in [-0.39, 0.29) is 23.7 Å². The summed E-state index contributed by atoms with van der Waals surface area (Å²) in [5.74, 6) is 4.03. The molecule has 5 rings (SSSR count). The van der Waals surface area contributed by atoms with Gasteiger partial charge in [-0.25, -0.2) is 0 Å². The van der Waals surface area contributed by atoms with Gasteiger partial charge in [-0.05, 0) is 106 Å². The number of nitrogens with zero attached hydrogens (tertiary/aromatic N) is 3. The average molecular weight is 439 g/mol. The molecule has 6 heteroatoms. The molecule has 3 N–H and O–H groups in total. The normalized spacial score (nSPS) is 43.5. The first-order valence-corrected chi connectivity index (χ1v) is 12.6. The molecule has 0 aliphatic heterocycles. The first-order valence-electron chi connectivity index (χ1n) is 12.6. The van der Waals surface area contributed by atoms with Crippen molar-refractivity contribution in [2.45, 2.75) is 77.2 Å². The minimum atomic E-state index is -0.461. The third-order valence-corrected chi connectivity index (χ3v) is 9.86. The maximum absolute atomic E-state index is 13.2. The molecule has 32 heavy (non-hydrogen) atoms. The molecule has 1 aromatic heterocycles. The first-order chi connectivity index (χ1) is 15.3. The van der Waals surface area contributed by atoms with Crippen molar-refractivity contribution in [2.75, 3.05) is 12.3 Å². The van der Waals surface area contributed by atoms with Gasteiger partial charge in [0, 0.05) is 12.1 Å². The molecular formula is C26H38N4O2. The van der Waals surface area contributed by atoms with Gasteiger partial charge in [0.15, 0.2) is 5.78 Å². The van der Waals surface area contributed by atoms with Crippen molar-refractivity contribution in [3.63, 3.8) is 0 Å². The molecule has 0 aromatic carbocycles. The molecule has 174 valence electrons. The molecule has 4 aliphatic carbocycles. The van der Waals surface area contributed by atoms with E-state index in [9.17, 15) is 9.90 Å². The number of rotatable bonds is 4. The lowest BCUT2D eigenvalue weighted by Crippen LogP contribution is -2.51. The van der Waals surface area contributed by atoms with E-state index in [1.165, 1.54) is 32.1 Å². The SMILES string of the molecule is C[C@@]1(O)CC[C@H]2[C@H](CC[C@@H]3[C@@H]2CC[C@]2(C)[C@@H](C(=O)CN=Nc4cnccc4N)CC[C@@H]32)C1. The summed E-state index contributed by atoms with van der Waals surface area (Å²) >= 11 is 0. The Bertz CT molecular complexity index is 900. The number of ketones is 1. The van der Waals surface area contributed by atoms with Crippen molar-refractivity contribution in [3.05, 3.63) is 18.5 Å². The fourth-order valence-electron chi connectivity index (χ4n) is 8.38.